The van der Waals surface area contributed by atoms with Gasteiger partial charge in [0, 0.05) is 23.8 Å². The standard InChI is InChI=1S/C16H18N4O/c1-3-20-12(9-11(2)19-20)10-21-15-7-6-14(17)13-5-4-8-18-16(13)15/h4-9H,3,10,17H2,1-2H3. The minimum atomic E-state index is 0.463. The second-order valence-electron chi connectivity index (χ2n) is 4.93. The summed E-state index contributed by atoms with van der Waals surface area (Å²) in [6, 6.07) is 9.57. The molecule has 0 amide bonds. The average Bonchev–Trinajstić information content (AvgIpc) is 2.87. The van der Waals surface area contributed by atoms with Gasteiger partial charge in [0.25, 0.3) is 0 Å². The molecule has 5 heteroatoms. The van der Waals surface area contributed by atoms with Crippen molar-refractivity contribution < 1.29 is 4.74 Å². The van der Waals surface area contributed by atoms with Crippen molar-refractivity contribution in [2.45, 2.75) is 27.0 Å². The second-order valence-corrected chi connectivity index (χ2v) is 4.93. The Morgan fingerprint density at radius 3 is 2.95 bits per heavy atom. The number of nitrogen functional groups attached to an aromatic ring is 1. The molecule has 3 rings (SSSR count). The smallest absolute Gasteiger partial charge is 0.146 e. The first-order valence-electron chi connectivity index (χ1n) is 6.98. The van der Waals surface area contributed by atoms with E-state index in [-0.39, 0.29) is 0 Å². The monoisotopic (exact) mass is 282 g/mol. The summed E-state index contributed by atoms with van der Waals surface area (Å²) in [7, 11) is 0. The van der Waals surface area contributed by atoms with Crippen LogP contribution in [0.3, 0.4) is 0 Å². The SMILES string of the molecule is CCn1nc(C)cc1COc1ccc(N)c2cccnc12. The summed E-state index contributed by atoms with van der Waals surface area (Å²) in [6.45, 7) is 5.34. The van der Waals surface area contributed by atoms with Crippen LogP contribution in [-0.2, 0) is 13.2 Å². The quantitative estimate of drug-likeness (QED) is 0.747. The highest BCUT2D eigenvalue weighted by Crippen LogP contribution is 2.28. The lowest BCUT2D eigenvalue weighted by atomic mass is 10.1. The molecule has 0 aliphatic heterocycles. The summed E-state index contributed by atoms with van der Waals surface area (Å²) in [6.07, 6.45) is 1.75. The molecule has 2 aromatic heterocycles. The van der Waals surface area contributed by atoms with Crippen LogP contribution in [0.2, 0.25) is 0 Å². The lowest BCUT2D eigenvalue weighted by molar-refractivity contribution is 0.295. The van der Waals surface area contributed by atoms with E-state index < -0.39 is 0 Å². The van der Waals surface area contributed by atoms with Crippen molar-refractivity contribution in [3.05, 3.63) is 47.9 Å². The Hall–Kier alpha value is -2.56. The van der Waals surface area contributed by atoms with Gasteiger partial charge in [-0.2, -0.15) is 5.10 Å². The predicted molar refractivity (Wildman–Crippen MR) is 83.1 cm³/mol. The van der Waals surface area contributed by atoms with E-state index in [0.29, 0.717) is 12.3 Å². The molecule has 0 atom stereocenters. The van der Waals surface area contributed by atoms with E-state index in [4.69, 9.17) is 10.5 Å². The molecule has 3 aromatic rings. The van der Waals surface area contributed by atoms with Crippen molar-refractivity contribution >= 4 is 16.6 Å². The number of aryl methyl sites for hydroxylation is 2. The molecule has 0 saturated carbocycles. The topological polar surface area (TPSA) is 66.0 Å². The zero-order chi connectivity index (χ0) is 14.8. The number of rotatable bonds is 4. The second kappa shape index (κ2) is 5.44. The van der Waals surface area contributed by atoms with Crippen molar-refractivity contribution in [2.24, 2.45) is 0 Å². The minimum Gasteiger partial charge on any atom is -0.485 e. The van der Waals surface area contributed by atoms with E-state index in [1.807, 2.05) is 41.9 Å². The van der Waals surface area contributed by atoms with E-state index in [1.54, 1.807) is 6.20 Å². The van der Waals surface area contributed by atoms with Crippen LogP contribution < -0.4 is 10.5 Å². The van der Waals surface area contributed by atoms with Crippen LogP contribution in [0.25, 0.3) is 10.9 Å². The normalized spacial score (nSPS) is 11.0. The number of hydrogen-bond donors (Lipinski definition) is 1. The van der Waals surface area contributed by atoms with Gasteiger partial charge < -0.3 is 10.5 Å². The minimum absolute atomic E-state index is 0.463. The Morgan fingerprint density at radius 2 is 2.14 bits per heavy atom. The number of hydrogen-bond acceptors (Lipinski definition) is 4. The maximum Gasteiger partial charge on any atom is 0.146 e. The first-order valence-corrected chi connectivity index (χ1v) is 6.98. The van der Waals surface area contributed by atoms with Gasteiger partial charge in [0.15, 0.2) is 0 Å². The molecule has 0 spiro atoms. The largest absolute Gasteiger partial charge is 0.485 e. The summed E-state index contributed by atoms with van der Waals surface area (Å²) in [4.78, 5) is 4.37. The summed E-state index contributed by atoms with van der Waals surface area (Å²) in [5.41, 5.74) is 9.52. The third-order valence-electron chi connectivity index (χ3n) is 3.43. The maximum atomic E-state index is 5.97. The van der Waals surface area contributed by atoms with Gasteiger partial charge in [0.2, 0.25) is 0 Å². The molecule has 2 N–H and O–H groups in total. The van der Waals surface area contributed by atoms with Gasteiger partial charge >= 0.3 is 0 Å². The summed E-state index contributed by atoms with van der Waals surface area (Å²) in [5.74, 6) is 0.737. The molecular weight excluding hydrogens is 264 g/mol. The molecule has 108 valence electrons. The number of anilines is 1. The van der Waals surface area contributed by atoms with E-state index >= 15 is 0 Å². The van der Waals surface area contributed by atoms with Gasteiger partial charge in [-0.05, 0) is 44.2 Å². The Morgan fingerprint density at radius 1 is 1.29 bits per heavy atom. The van der Waals surface area contributed by atoms with Crippen LogP contribution in [0.4, 0.5) is 5.69 Å². The Bertz CT molecular complexity index is 779. The number of nitrogens with zero attached hydrogens (tertiary/aromatic N) is 3. The fourth-order valence-corrected chi connectivity index (χ4v) is 2.43. The highest BCUT2D eigenvalue weighted by Gasteiger charge is 2.09. The first-order chi connectivity index (χ1) is 10.2. The van der Waals surface area contributed by atoms with Gasteiger partial charge in [-0.1, -0.05) is 0 Å². The van der Waals surface area contributed by atoms with Crippen molar-refractivity contribution in [3.8, 4) is 5.75 Å². The molecule has 21 heavy (non-hydrogen) atoms. The predicted octanol–water partition coefficient (Wildman–Crippen LogP) is 2.92. The fraction of sp³-hybridized carbons (Fsp3) is 0.250. The van der Waals surface area contributed by atoms with Crippen molar-refractivity contribution in [1.82, 2.24) is 14.8 Å². The lowest BCUT2D eigenvalue weighted by Gasteiger charge is -2.10. The average molecular weight is 282 g/mol. The van der Waals surface area contributed by atoms with Crippen LogP contribution >= 0.6 is 0 Å². The van der Waals surface area contributed by atoms with E-state index in [0.717, 1.165) is 34.6 Å². The maximum absolute atomic E-state index is 5.97. The fourth-order valence-electron chi connectivity index (χ4n) is 2.43. The number of benzene rings is 1. The molecule has 0 radical (unpaired) electrons. The van der Waals surface area contributed by atoms with E-state index in [1.165, 1.54) is 0 Å². The van der Waals surface area contributed by atoms with Crippen LogP contribution in [0, 0.1) is 6.92 Å². The third-order valence-corrected chi connectivity index (χ3v) is 3.43. The van der Waals surface area contributed by atoms with Crippen LogP contribution in [0.1, 0.15) is 18.3 Å². The molecule has 0 aliphatic rings. The molecule has 0 aliphatic carbocycles. The van der Waals surface area contributed by atoms with Gasteiger partial charge in [0.05, 0.1) is 11.4 Å². The first kappa shape index (κ1) is 13.4. The molecule has 0 fully saturated rings. The summed E-state index contributed by atoms with van der Waals surface area (Å²) >= 11 is 0. The van der Waals surface area contributed by atoms with Gasteiger partial charge in [-0.15, -0.1) is 0 Å². The molecule has 5 nitrogen and oxygen atoms in total. The van der Waals surface area contributed by atoms with Crippen molar-refractivity contribution in [3.63, 3.8) is 0 Å². The van der Waals surface area contributed by atoms with Gasteiger partial charge in [0.1, 0.15) is 17.9 Å². The summed E-state index contributed by atoms with van der Waals surface area (Å²) in [5, 5.41) is 5.33. The van der Waals surface area contributed by atoms with Crippen molar-refractivity contribution in [2.75, 3.05) is 5.73 Å². The molecular formula is C16H18N4O. The van der Waals surface area contributed by atoms with Crippen molar-refractivity contribution in [1.29, 1.82) is 0 Å². The summed E-state index contributed by atoms with van der Waals surface area (Å²) < 4.78 is 7.88. The third kappa shape index (κ3) is 2.54. The zero-order valence-corrected chi connectivity index (χ0v) is 12.2. The highest BCUT2D eigenvalue weighted by atomic mass is 16.5. The molecule has 2 heterocycles. The Balaban J connectivity index is 1.90. The number of fused-ring (bicyclic) bond motifs is 1. The molecule has 0 bridgehead atoms. The van der Waals surface area contributed by atoms with Crippen LogP contribution in [-0.4, -0.2) is 14.8 Å². The molecule has 0 saturated heterocycles. The molecule has 0 unspecified atom stereocenters. The zero-order valence-electron chi connectivity index (χ0n) is 12.2. The lowest BCUT2D eigenvalue weighted by Crippen LogP contribution is -2.06. The molecule has 1 aromatic carbocycles. The van der Waals surface area contributed by atoms with Crippen LogP contribution in [0.5, 0.6) is 5.75 Å². The highest BCUT2D eigenvalue weighted by molar-refractivity contribution is 5.94. The Kier molecular flexibility index (Phi) is 3.48. The Labute approximate surface area is 123 Å². The number of pyridine rings is 1. The number of aromatic nitrogens is 3. The number of nitrogens with two attached hydrogens (primary N) is 1. The van der Waals surface area contributed by atoms with Gasteiger partial charge in [-0.3, -0.25) is 9.67 Å². The number of ether oxygens (including phenoxy) is 1. The van der Waals surface area contributed by atoms with Gasteiger partial charge in [-0.25, -0.2) is 0 Å². The van der Waals surface area contributed by atoms with E-state index in [9.17, 15) is 0 Å². The van der Waals surface area contributed by atoms with E-state index in [2.05, 4.69) is 17.0 Å². The van der Waals surface area contributed by atoms with Crippen LogP contribution in [0.15, 0.2) is 36.5 Å².